The number of benzene rings is 3. The summed E-state index contributed by atoms with van der Waals surface area (Å²) in [6.07, 6.45) is -0.100. The highest BCUT2D eigenvalue weighted by Gasteiger charge is 2.26. The third-order valence-electron chi connectivity index (χ3n) is 6.26. The number of hydrogen-bond acceptors (Lipinski definition) is 7. The fourth-order valence-corrected chi connectivity index (χ4v) is 3.98. The van der Waals surface area contributed by atoms with Gasteiger partial charge in [-0.25, -0.2) is 9.59 Å². The minimum absolute atomic E-state index is 0.0147. The first kappa shape index (κ1) is 31.5. The van der Waals surface area contributed by atoms with Crippen molar-refractivity contribution in [2.24, 2.45) is 5.73 Å². The van der Waals surface area contributed by atoms with Gasteiger partial charge in [0, 0.05) is 13.0 Å². The smallest absolute Gasteiger partial charge is 0.408 e. The Balaban J connectivity index is 1.52. The van der Waals surface area contributed by atoms with Gasteiger partial charge < -0.3 is 36.3 Å². The van der Waals surface area contributed by atoms with Crippen LogP contribution >= 0.6 is 0 Å². The predicted octanol–water partition coefficient (Wildman–Crippen LogP) is 3.30. The monoisotopic (exact) mass is 576 g/mol. The molecule has 0 radical (unpaired) electrons. The molecule has 0 heterocycles. The number of carbonyl (C=O) groups is 4. The van der Waals surface area contributed by atoms with Crippen LogP contribution in [-0.2, 0) is 38.7 Å². The summed E-state index contributed by atoms with van der Waals surface area (Å²) in [7, 11) is 0. The minimum Gasteiger partial charge on any atom is -0.508 e. The van der Waals surface area contributed by atoms with Crippen molar-refractivity contribution in [3.63, 3.8) is 0 Å². The lowest BCUT2D eigenvalue weighted by molar-refractivity contribution is -0.128. The molecule has 6 N–H and O–H groups in total. The number of alkyl carbamates (subject to hydrolysis) is 2. The van der Waals surface area contributed by atoms with Gasteiger partial charge >= 0.3 is 12.2 Å². The number of hydrogen-bond donors (Lipinski definition) is 5. The molecule has 0 aliphatic heterocycles. The minimum atomic E-state index is -1.05. The van der Waals surface area contributed by atoms with Crippen LogP contribution in [0.5, 0.6) is 5.75 Å². The molecule has 0 fully saturated rings. The van der Waals surface area contributed by atoms with Gasteiger partial charge in [-0.3, -0.25) is 9.59 Å². The SMILES string of the molecule is NC(=O)[C@@H](Cc1ccc(O)cc1)NC(=O)[C@@H](CCCCNC(=O)OCc1ccccc1)NC(=O)OCc1ccccc1. The van der Waals surface area contributed by atoms with Crippen LogP contribution in [-0.4, -0.2) is 47.7 Å². The topological polar surface area (TPSA) is 169 Å². The lowest BCUT2D eigenvalue weighted by atomic mass is 10.0. The summed E-state index contributed by atoms with van der Waals surface area (Å²) in [4.78, 5) is 49.8. The van der Waals surface area contributed by atoms with E-state index in [9.17, 15) is 24.3 Å². The van der Waals surface area contributed by atoms with Crippen LogP contribution in [0.15, 0.2) is 84.9 Å². The highest BCUT2D eigenvalue weighted by molar-refractivity contribution is 5.90. The molecule has 222 valence electrons. The van der Waals surface area contributed by atoms with Gasteiger partial charge in [0.25, 0.3) is 0 Å². The molecule has 3 aromatic carbocycles. The van der Waals surface area contributed by atoms with E-state index in [0.29, 0.717) is 24.9 Å². The molecule has 42 heavy (non-hydrogen) atoms. The van der Waals surface area contributed by atoms with Crippen LogP contribution in [0.3, 0.4) is 0 Å². The molecular formula is C31H36N4O7. The van der Waals surface area contributed by atoms with Gasteiger partial charge in [-0.15, -0.1) is 0 Å². The highest BCUT2D eigenvalue weighted by atomic mass is 16.6. The third kappa shape index (κ3) is 11.6. The summed E-state index contributed by atoms with van der Waals surface area (Å²) >= 11 is 0. The van der Waals surface area contributed by atoms with E-state index in [2.05, 4.69) is 16.0 Å². The molecule has 3 aromatic rings. The molecule has 11 heteroatoms. The van der Waals surface area contributed by atoms with Crippen molar-refractivity contribution >= 4 is 24.0 Å². The van der Waals surface area contributed by atoms with Crippen molar-refractivity contribution < 1.29 is 33.8 Å². The summed E-state index contributed by atoms with van der Waals surface area (Å²) < 4.78 is 10.5. The second-order valence-electron chi connectivity index (χ2n) is 9.58. The van der Waals surface area contributed by atoms with E-state index in [4.69, 9.17) is 15.2 Å². The molecule has 0 saturated carbocycles. The second-order valence-corrected chi connectivity index (χ2v) is 9.58. The summed E-state index contributed by atoms with van der Waals surface area (Å²) in [5.74, 6) is -1.29. The standard InChI is InChI=1S/C31H36N4O7/c32-28(37)27(19-22-14-16-25(36)17-15-22)34-29(38)26(35-31(40)42-21-24-11-5-2-6-12-24)13-7-8-18-33-30(39)41-20-23-9-3-1-4-10-23/h1-6,9-12,14-17,26-27,36H,7-8,13,18-21H2,(H2,32,37)(H,33,39)(H,34,38)(H,35,40)/t26-,27-/m1/s1. The van der Waals surface area contributed by atoms with E-state index in [1.807, 2.05) is 48.5 Å². The van der Waals surface area contributed by atoms with Crippen molar-refractivity contribution in [1.29, 1.82) is 0 Å². The molecule has 4 amide bonds. The van der Waals surface area contributed by atoms with Crippen molar-refractivity contribution in [3.8, 4) is 5.75 Å². The molecule has 0 bridgehead atoms. The number of nitrogens with two attached hydrogens (primary N) is 1. The quantitative estimate of drug-likeness (QED) is 0.173. The lowest BCUT2D eigenvalue weighted by Crippen LogP contribution is -2.53. The van der Waals surface area contributed by atoms with Crippen molar-refractivity contribution in [2.45, 2.75) is 51.0 Å². The summed E-state index contributed by atoms with van der Waals surface area (Å²) in [5.41, 5.74) is 7.86. The maximum Gasteiger partial charge on any atom is 0.408 e. The zero-order valence-electron chi connectivity index (χ0n) is 23.2. The Morgan fingerprint density at radius 2 is 1.26 bits per heavy atom. The average molecular weight is 577 g/mol. The van der Waals surface area contributed by atoms with Crippen LogP contribution in [0.2, 0.25) is 0 Å². The number of phenolic OH excluding ortho intramolecular Hbond substituents is 1. The van der Waals surface area contributed by atoms with Crippen LogP contribution in [0.1, 0.15) is 36.0 Å². The summed E-state index contributed by atoms with van der Waals surface area (Å²) in [6.45, 7) is 0.459. The normalized spacial score (nSPS) is 11.9. The van der Waals surface area contributed by atoms with E-state index in [-0.39, 0.29) is 31.8 Å². The van der Waals surface area contributed by atoms with Gasteiger partial charge in [-0.05, 0) is 48.1 Å². The molecule has 0 aliphatic rings. The van der Waals surface area contributed by atoms with Crippen molar-refractivity contribution in [2.75, 3.05) is 6.54 Å². The number of primary amides is 1. The van der Waals surface area contributed by atoms with Crippen LogP contribution in [0, 0.1) is 0 Å². The Morgan fingerprint density at radius 1 is 0.690 bits per heavy atom. The Morgan fingerprint density at radius 3 is 1.83 bits per heavy atom. The number of rotatable bonds is 15. The van der Waals surface area contributed by atoms with Crippen molar-refractivity contribution in [3.05, 3.63) is 102 Å². The summed E-state index contributed by atoms with van der Waals surface area (Å²) in [5, 5.41) is 17.3. The molecule has 0 saturated heterocycles. The number of carbonyl (C=O) groups excluding carboxylic acids is 4. The van der Waals surface area contributed by atoms with Crippen LogP contribution in [0.4, 0.5) is 9.59 Å². The van der Waals surface area contributed by atoms with E-state index >= 15 is 0 Å². The fraction of sp³-hybridized carbons (Fsp3) is 0.290. The number of ether oxygens (including phenoxy) is 2. The second kappa shape index (κ2) is 16.9. The zero-order chi connectivity index (χ0) is 30.2. The van der Waals surface area contributed by atoms with E-state index in [1.165, 1.54) is 12.1 Å². The Kier molecular flexibility index (Phi) is 12.7. The van der Waals surface area contributed by atoms with Gasteiger partial charge in [0.15, 0.2) is 0 Å². The van der Waals surface area contributed by atoms with Gasteiger partial charge in [0.2, 0.25) is 11.8 Å². The molecular weight excluding hydrogens is 540 g/mol. The Hall–Kier alpha value is -5.06. The molecule has 0 aliphatic carbocycles. The number of aromatic hydroxyl groups is 1. The number of amides is 4. The van der Waals surface area contributed by atoms with Gasteiger partial charge in [-0.2, -0.15) is 0 Å². The maximum atomic E-state index is 13.2. The number of phenols is 1. The first-order valence-corrected chi connectivity index (χ1v) is 13.6. The number of nitrogens with one attached hydrogen (secondary N) is 3. The summed E-state index contributed by atoms with van der Waals surface area (Å²) in [6, 6.07) is 22.5. The Labute approximate surface area is 244 Å². The van der Waals surface area contributed by atoms with E-state index in [1.54, 1.807) is 24.3 Å². The first-order chi connectivity index (χ1) is 20.3. The largest absolute Gasteiger partial charge is 0.508 e. The molecule has 0 unspecified atom stereocenters. The average Bonchev–Trinajstić information content (AvgIpc) is 3.00. The third-order valence-corrected chi connectivity index (χ3v) is 6.26. The number of unbranched alkanes of at least 4 members (excludes halogenated alkanes) is 1. The van der Waals surface area contributed by atoms with Gasteiger partial charge in [0.1, 0.15) is 31.0 Å². The van der Waals surface area contributed by atoms with Gasteiger partial charge in [0.05, 0.1) is 0 Å². The maximum absolute atomic E-state index is 13.2. The van der Waals surface area contributed by atoms with Crippen LogP contribution < -0.4 is 21.7 Å². The fourth-order valence-electron chi connectivity index (χ4n) is 3.98. The molecule has 11 nitrogen and oxygen atoms in total. The van der Waals surface area contributed by atoms with E-state index in [0.717, 1.165) is 11.1 Å². The van der Waals surface area contributed by atoms with Gasteiger partial charge in [-0.1, -0.05) is 72.8 Å². The van der Waals surface area contributed by atoms with E-state index < -0.39 is 36.1 Å². The highest BCUT2D eigenvalue weighted by Crippen LogP contribution is 2.12. The Bertz CT molecular complexity index is 1290. The predicted molar refractivity (Wildman–Crippen MR) is 155 cm³/mol. The van der Waals surface area contributed by atoms with Crippen molar-refractivity contribution in [1.82, 2.24) is 16.0 Å². The lowest BCUT2D eigenvalue weighted by Gasteiger charge is -2.22. The molecule has 2 atom stereocenters. The zero-order valence-corrected chi connectivity index (χ0v) is 23.2. The molecule has 0 aromatic heterocycles. The van der Waals surface area contributed by atoms with Crippen LogP contribution in [0.25, 0.3) is 0 Å². The molecule has 0 spiro atoms. The first-order valence-electron chi connectivity index (χ1n) is 13.6. The molecule has 3 rings (SSSR count).